The Morgan fingerprint density at radius 1 is 1.16 bits per heavy atom. The lowest BCUT2D eigenvalue weighted by Gasteiger charge is -2.32. The summed E-state index contributed by atoms with van der Waals surface area (Å²) in [4.78, 5) is 29.5. The molecule has 0 aliphatic heterocycles. The molecular formula is C26H27FN4O6. The molecule has 4 N–H and O–H groups in total. The molecule has 1 amide bonds. The zero-order chi connectivity index (χ0) is 27.0. The number of carbonyl (C=O) groups excluding carboxylic acids is 2. The fraction of sp³-hybridized carbons (Fsp3) is 0.231. The van der Waals surface area contributed by atoms with Crippen LogP contribution in [0.5, 0.6) is 17.2 Å². The number of hydrogen-bond donors (Lipinski definition) is 3. The van der Waals surface area contributed by atoms with Gasteiger partial charge in [0, 0.05) is 43.5 Å². The minimum Gasteiger partial charge on any atom is -0.497 e. The van der Waals surface area contributed by atoms with E-state index in [0.29, 0.717) is 22.6 Å². The molecule has 3 aromatic rings. The Balaban J connectivity index is 1.97. The van der Waals surface area contributed by atoms with Gasteiger partial charge < -0.3 is 30.0 Å². The summed E-state index contributed by atoms with van der Waals surface area (Å²) in [6, 6.07) is 11.8. The van der Waals surface area contributed by atoms with Crippen molar-refractivity contribution in [2.75, 3.05) is 13.7 Å². The van der Waals surface area contributed by atoms with E-state index < -0.39 is 23.5 Å². The average Bonchev–Trinajstić information content (AvgIpc) is 2.87. The summed E-state index contributed by atoms with van der Waals surface area (Å²) < 4.78 is 36.9. The molecule has 0 unspecified atom stereocenters. The van der Waals surface area contributed by atoms with E-state index in [4.69, 9.17) is 30.1 Å². The van der Waals surface area contributed by atoms with E-state index in [-0.39, 0.29) is 30.3 Å². The molecule has 0 fully saturated rings. The van der Waals surface area contributed by atoms with Gasteiger partial charge in [-0.15, -0.1) is 0 Å². The number of aromatic nitrogens is 1. The number of benzene rings is 2. The summed E-state index contributed by atoms with van der Waals surface area (Å²) in [5, 5.41) is 10.4. The quantitative estimate of drug-likeness (QED) is 0.154. The van der Waals surface area contributed by atoms with E-state index in [1.54, 1.807) is 43.5 Å². The van der Waals surface area contributed by atoms with Crippen LogP contribution in [0.2, 0.25) is 0 Å². The number of esters is 1. The smallest absolute Gasteiger partial charge is 0.323 e. The molecule has 37 heavy (non-hydrogen) atoms. The fourth-order valence-corrected chi connectivity index (χ4v) is 3.48. The summed E-state index contributed by atoms with van der Waals surface area (Å²) in [7, 11) is 1.37. The number of amides is 1. The number of amidine groups is 1. The van der Waals surface area contributed by atoms with Crippen LogP contribution in [-0.2, 0) is 31.4 Å². The van der Waals surface area contributed by atoms with Crippen molar-refractivity contribution in [3.63, 3.8) is 0 Å². The lowest BCUT2D eigenvalue weighted by atomic mass is 10.0. The second kappa shape index (κ2) is 12.0. The molecule has 0 spiro atoms. The third-order valence-corrected chi connectivity index (χ3v) is 5.14. The van der Waals surface area contributed by atoms with Crippen LogP contribution in [0.3, 0.4) is 0 Å². The molecule has 0 radical (unpaired) electrons. The first-order valence-electron chi connectivity index (χ1n) is 11.2. The Labute approximate surface area is 213 Å². The predicted octanol–water partition coefficient (Wildman–Crippen LogP) is 3.37. The first-order valence-corrected chi connectivity index (χ1v) is 11.2. The van der Waals surface area contributed by atoms with Gasteiger partial charge in [-0.1, -0.05) is 12.1 Å². The van der Waals surface area contributed by atoms with Gasteiger partial charge in [0.2, 0.25) is 0 Å². The molecule has 11 heteroatoms. The van der Waals surface area contributed by atoms with Crippen molar-refractivity contribution in [3.05, 3.63) is 83.4 Å². The molecule has 0 bridgehead atoms. The van der Waals surface area contributed by atoms with Crippen molar-refractivity contribution in [1.82, 2.24) is 10.3 Å². The minimum atomic E-state index is -2.40. The number of hydrogen-bond acceptors (Lipinski definition) is 8. The highest BCUT2D eigenvalue weighted by Crippen LogP contribution is 2.33. The standard InChI is InChI=1S/C26H27FN4O6/c1-4-35-26(37-16(2)32,21-10-9-19(34-3)13-22(21)27)25(33)31-14-18-8-7-17(24(28)29)12-23(18)36-20-6-5-11-30-15-20/h5-13,15H,4,14H2,1-3H3,(H3,28,29)(H,31,33)/t26-/m0/s1. The van der Waals surface area contributed by atoms with Gasteiger partial charge in [-0.3, -0.25) is 20.0 Å². The van der Waals surface area contributed by atoms with Crippen molar-refractivity contribution >= 4 is 17.7 Å². The molecular weight excluding hydrogens is 483 g/mol. The molecule has 3 rings (SSSR count). The second-order valence-corrected chi connectivity index (χ2v) is 7.70. The number of nitrogens with one attached hydrogen (secondary N) is 2. The highest BCUT2D eigenvalue weighted by Gasteiger charge is 2.47. The average molecular weight is 511 g/mol. The van der Waals surface area contributed by atoms with E-state index in [2.05, 4.69) is 10.3 Å². The molecule has 1 heterocycles. The number of pyridine rings is 1. The van der Waals surface area contributed by atoms with Crippen LogP contribution in [0.15, 0.2) is 60.9 Å². The van der Waals surface area contributed by atoms with Gasteiger partial charge in [-0.25, -0.2) is 4.39 Å². The summed E-state index contributed by atoms with van der Waals surface area (Å²) >= 11 is 0. The number of nitrogens with zero attached hydrogens (tertiary/aromatic N) is 1. The molecule has 0 aliphatic rings. The topological polar surface area (TPSA) is 146 Å². The zero-order valence-electron chi connectivity index (χ0n) is 20.5. The molecule has 1 atom stereocenters. The zero-order valence-corrected chi connectivity index (χ0v) is 20.5. The molecule has 2 aromatic carbocycles. The van der Waals surface area contributed by atoms with Gasteiger partial charge >= 0.3 is 11.8 Å². The van der Waals surface area contributed by atoms with E-state index >= 15 is 4.39 Å². The largest absolute Gasteiger partial charge is 0.497 e. The van der Waals surface area contributed by atoms with Crippen molar-refractivity contribution in [2.24, 2.45) is 5.73 Å². The van der Waals surface area contributed by atoms with E-state index in [1.807, 2.05) is 0 Å². The highest BCUT2D eigenvalue weighted by atomic mass is 19.1. The number of carbonyl (C=O) groups is 2. The number of halogens is 1. The fourth-order valence-electron chi connectivity index (χ4n) is 3.48. The van der Waals surface area contributed by atoms with Crippen molar-refractivity contribution in [2.45, 2.75) is 26.2 Å². The highest BCUT2D eigenvalue weighted by molar-refractivity contribution is 5.95. The normalized spacial score (nSPS) is 12.2. The Kier molecular flexibility index (Phi) is 8.75. The number of ether oxygens (including phenoxy) is 4. The molecule has 0 saturated carbocycles. The summed E-state index contributed by atoms with van der Waals surface area (Å²) in [5.74, 6) is -4.30. The van der Waals surface area contributed by atoms with Crippen LogP contribution in [-0.4, -0.2) is 36.4 Å². The van der Waals surface area contributed by atoms with Crippen molar-refractivity contribution in [3.8, 4) is 17.2 Å². The maximum atomic E-state index is 15.1. The maximum Gasteiger partial charge on any atom is 0.323 e. The summed E-state index contributed by atoms with van der Waals surface area (Å²) in [6.07, 6.45) is 3.08. The van der Waals surface area contributed by atoms with Crippen LogP contribution in [0.25, 0.3) is 0 Å². The summed E-state index contributed by atoms with van der Waals surface area (Å²) in [5.41, 5.74) is 6.21. The lowest BCUT2D eigenvalue weighted by Crippen LogP contribution is -2.50. The van der Waals surface area contributed by atoms with E-state index in [1.165, 1.54) is 25.4 Å². The monoisotopic (exact) mass is 510 g/mol. The van der Waals surface area contributed by atoms with Crippen LogP contribution >= 0.6 is 0 Å². The van der Waals surface area contributed by atoms with E-state index in [9.17, 15) is 9.59 Å². The Morgan fingerprint density at radius 2 is 1.95 bits per heavy atom. The van der Waals surface area contributed by atoms with Crippen LogP contribution in [0.4, 0.5) is 4.39 Å². The molecule has 1 aromatic heterocycles. The second-order valence-electron chi connectivity index (χ2n) is 7.70. The minimum absolute atomic E-state index is 0.0746. The van der Waals surface area contributed by atoms with Crippen LogP contribution in [0.1, 0.15) is 30.5 Å². The lowest BCUT2D eigenvalue weighted by molar-refractivity contribution is -0.232. The third kappa shape index (κ3) is 6.39. The van der Waals surface area contributed by atoms with Gasteiger partial charge in [0.25, 0.3) is 5.91 Å². The molecule has 0 saturated heterocycles. The van der Waals surface area contributed by atoms with E-state index in [0.717, 1.165) is 13.0 Å². The summed E-state index contributed by atoms with van der Waals surface area (Å²) in [6.45, 7) is 2.46. The van der Waals surface area contributed by atoms with Gasteiger partial charge in [-0.05, 0) is 37.3 Å². The first kappa shape index (κ1) is 27.1. The predicted molar refractivity (Wildman–Crippen MR) is 132 cm³/mol. The Morgan fingerprint density at radius 3 is 2.54 bits per heavy atom. The Bertz CT molecular complexity index is 1290. The van der Waals surface area contributed by atoms with Crippen molar-refractivity contribution < 1.29 is 32.9 Å². The number of nitrogen functional groups attached to an aromatic ring is 1. The Hall–Kier alpha value is -4.51. The van der Waals surface area contributed by atoms with Crippen LogP contribution in [0, 0.1) is 11.2 Å². The molecule has 194 valence electrons. The first-order chi connectivity index (χ1) is 17.7. The molecule has 0 aliphatic carbocycles. The van der Waals surface area contributed by atoms with Gasteiger partial charge in [0.15, 0.2) is 0 Å². The van der Waals surface area contributed by atoms with Gasteiger partial charge in [0.05, 0.1) is 18.9 Å². The van der Waals surface area contributed by atoms with Gasteiger partial charge in [0.1, 0.15) is 28.9 Å². The van der Waals surface area contributed by atoms with Gasteiger partial charge in [-0.2, -0.15) is 0 Å². The number of nitrogens with two attached hydrogens (primary N) is 1. The van der Waals surface area contributed by atoms with Crippen LogP contribution < -0.4 is 20.5 Å². The molecule has 10 nitrogen and oxygen atoms in total. The SMILES string of the molecule is CCO[C@@](OC(C)=O)(C(=O)NCc1ccc(C(=N)N)cc1Oc1cccnc1)c1ccc(OC)cc1F. The van der Waals surface area contributed by atoms with Crippen molar-refractivity contribution in [1.29, 1.82) is 5.41 Å². The third-order valence-electron chi connectivity index (χ3n) is 5.14. The number of methoxy groups -OCH3 is 1. The maximum absolute atomic E-state index is 15.1. The number of rotatable bonds is 11.